The molecule has 0 spiro atoms. The van der Waals surface area contributed by atoms with Crippen LogP contribution in [-0.2, 0) is 11.2 Å². The fraction of sp³-hybridized carbons (Fsp3) is 0.812. The van der Waals surface area contributed by atoms with Crippen LogP contribution in [0, 0.1) is 11.8 Å². The Kier molecular flexibility index (Phi) is 5.76. The molecule has 118 valence electrons. The highest BCUT2D eigenvalue weighted by atomic mass is 16.5. The molecule has 1 fully saturated rings. The van der Waals surface area contributed by atoms with Gasteiger partial charge in [-0.15, -0.1) is 0 Å². The molecule has 0 aliphatic heterocycles. The number of hydrogen-bond acceptors (Lipinski definition) is 4. The Morgan fingerprint density at radius 2 is 2.00 bits per heavy atom. The van der Waals surface area contributed by atoms with Gasteiger partial charge in [-0.05, 0) is 50.4 Å². The van der Waals surface area contributed by atoms with Crippen molar-refractivity contribution >= 4 is 5.97 Å². The molecule has 1 aromatic rings. The summed E-state index contributed by atoms with van der Waals surface area (Å²) in [5.74, 6) is 2.80. The van der Waals surface area contributed by atoms with Crippen molar-refractivity contribution in [2.75, 3.05) is 0 Å². The predicted octanol–water partition coefficient (Wildman–Crippen LogP) is 3.80. The van der Waals surface area contributed by atoms with Crippen LogP contribution in [0.2, 0.25) is 0 Å². The summed E-state index contributed by atoms with van der Waals surface area (Å²) in [5, 5.41) is 12.7. The number of aromatic nitrogens is 2. The summed E-state index contributed by atoms with van der Waals surface area (Å²) < 4.78 is 5.29. The normalized spacial score (nSPS) is 22.6. The van der Waals surface area contributed by atoms with E-state index in [9.17, 15) is 4.79 Å². The summed E-state index contributed by atoms with van der Waals surface area (Å²) in [6, 6.07) is 0. The second-order valence-electron chi connectivity index (χ2n) is 6.50. The lowest BCUT2D eigenvalue weighted by atomic mass is 9.77. The van der Waals surface area contributed by atoms with Gasteiger partial charge in [-0.3, -0.25) is 4.79 Å². The van der Waals surface area contributed by atoms with Gasteiger partial charge in [0, 0.05) is 18.8 Å². The van der Waals surface area contributed by atoms with Crippen LogP contribution in [0.25, 0.3) is 0 Å². The number of unbranched alkanes of at least 4 members (excludes halogenated alkanes) is 1. The lowest BCUT2D eigenvalue weighted by Gasteiger charge is -2.29. The van der Waals surface area contributed by atoms with Gasteiger partial charge in [0.1, 0.15) is 0 Å². The van der Waals surface area contributed by atoms with Crippen LogP contribution in [0.5, 0.6) is 0 Å². The first-order chi connectivity index (χ1) is 10.1. The third-order valence-electron chi connectivity index (χ3n) is 4.59. The maximum atomic E-state index is 10.4. The Hall–Kier alpha value is -1.39. The van der Waals surface area contributed by atoms with E-state index in [0.717, 1.165) is 36.9 Å². The summed E-state index contributed by atoms with van der Waals surface area (Å²) in [4.78, 5) is 14.9. The molecule has 0 unspecified atom stereocenters. The zero-order valence-electron chi connectivity index (χ0n) is 13.0. The monoisotopic (exact) mass is 294 g/mol. The highest BCUT2D eigenvalue weighted by Gasteiger charge is 2.27. The number of rotatable bonds is 7. The number of nitrogens with zero attached hydrogens (tertiary/aromatic N) is 2. The van der Waals surface area contributed by atoms with E-state index in [4.69, 9.17) is 9.63 Å². The zero-order chi connectivity index (χ0) is 15.2. The first kappa shape index (κ1) is 16.0. The van der Waals surface area contributed by atoms with Gasteiger partial charge in [0.15, 0.2) is 5.82 Å². The van der Waals surface area contributed by atoms with Gasteiger partial charge in [0.2, 0.25) is 5.89 Å². The molecule has 1 saturated carbocycles. The number of carboxylic acids is 1. The van der Waals surface area contributed by atoms with Gasteiger partial charge in [0.05, 0.1) is 0 Å². The molecule has 5 nitrogen and oxygen atoms in total. The summed E-state index contributed by atoms with van der Waals surface area (Å²) in [7, 11) is 0. The number of aliphatic carboxylic acids is 1. The van der Waals surface area contributed by atoms with E-state index < -0.39 is 5.97 Å². The highest BCUT2D eigenvalue weighted by molar-refractivity contribution is 5.66. The minimum absolute atomic E-state index is 0.209. The van der Waals surface area contributed by atoms with Crippen molar-refractivity contribution in [1.29, 1.82) is 0 Å². The first-order valence-corrected chi connectivity index (χ1v) is 8.10. The van der Waals surface area contributed by atoms with Gasteiger partial charge < -0.3 is 9.63 Å². The minimum atomic E-state index is -0.747. The van der Waals surface area contributed by atoms with Gasteiger partial charge in [-0.1, -0.05) is 19.0 Å². The predicted molar refractivity (Wildman–Crippen MR) is 79.0 cm³/mol. The van der Waals surface area contributed by atoms with Crippen LogP contribution < -0.4 is 0 Å². The molecule has 1 N–H and O–H groups in total. The molecule has 0 saturated heterocycles. The van der Waals surface area contributed by atoms with E-state index in [1.807, 2.05) is 0 Å². The molecule has 21 heavy (non-hydrogen) atoms. The van der Waals surface area contributed by atoms with Gasteiger partial charge >= 0.3 is 5.97 Å². The van der Waals surface area contributed by atoms with Gasteiger partial charge in [0.25, 0.3) is 0 Å². The number of hydrogen-bond donors (Lipinski definition) is 1. The molecule has 1 aliphatic rings. The summed E-state index contributed by atoms with van der Waals surface area (Å²) in [6.07, 6.45) is 7.15. The molecular formula is C16H26N2O3. The Morgan fingerprint density at radius 1 is 1.29 bits per heavy atom. The fourth-order valence-electron chi connectivity index (χ4n) is 3.13. The van der Waals surface area contributed by atoms with Crippen molar-refractivity contribution < 1.29 is 14.4 Å². The summed E-state index contributed by atoms with van der Waals surface area (Å²) >= 11 is 0. The Balaban J connectivity index is 1.77. The number of carboxylic acid groups (broad SMARTS) is 1. The average Bonchev–Trinajstić information content (AvgIpc) is 2.92. The second kappa shape index (κ2) is 7.57. The van der Waals surface area contributed by atoms with E-state index >= 15 is 0 Å². The SMILES string of the molecule is CC(C)C1CCC(c2noc(CCCCC(=O)O)n2)CC1. The quantitative estimate of drug-likeness (QED) is 0.774. The summed E-state index contributed by atoms with van der Waals surface area (Å²) in [5.41, 5.74) is 0. The van der Waals surface area contributed by atoms with Crippen LogP contribution in [0.3, 0.4) is 0 Å². The number of aryl methyl sites for hydroxylation is 1. The molecule has 0 atom stereocenters. The maximum Gasteiger partial charge on any atom is 0.303 e. The van der Waals surface area contributed by atoms with Crippen molar-refractivity contribution in [3.8, 4) is 0 Å². The molecule has 1 aromatic heterocycles. The molecule has 0 aromatic carbocycles. The average molecular weight is 294 g/mol. The van der Waals surface area contributed by atoms with Gasteiger partial charge in [-0.2, -0.15) is 4.98 Å². The van der Waals surface area contributed by atoms with Crippen molar-refractivity contribution in [2.24, 2.45) is 11.8 Å². The standard InChI is InChI=1S/C16H26N2O3/c1-11(2)12-7-9-13(10-8-12)16-17-14(21-18-16)5-3-4-6-15(19)20/h11-13H,3-10H2,1-2H3,(H,19,20). The van der Waals surface area contributed by atoms with Crippen LogP contribution in [0.4, 0.5) is 0 Å². The second-order valence-corrected chi connectivity index (χ2v) is 6.50. The van der Waals surface area contributed by atoms with Crippen molar-refractivity contribution in [2.45, 2.75) is 71.1 Å². The van der Waals surface area contributed by atoms with Crippen molar-refractivity contribution in [3.63, 3.8) is 0 Å². The first-order valence-electron chi connectivity index (χ1n) is 8.10. The zero-order valence-corrected chi connectivity index (χ0v) is 13.0. The molecule has 0 radical (unpaired) electrons. The number of carbonyl (C=O) groups is 1. The molecular weight excluding hydrogens is 268 g/mol. The van der Waals surface area contributed by atoms with Crippen LogP contribution >= 0.6 is 0 Å². The lowest BCUT2D eigenvalue weighted by molar-refractivity contribution is -0.137. The molecule has 1 aliphatic carbocycles. The van der Waals surface area contributed by atoms with Crippen LogP contribution in [0.1, 0.15) is 76.4 Å². The third-order valence-corrected chi connectivity index (χ3v) is 4.59. The lowest BCUT2D eigenvalue weighted by Crippen LogP contribution is -2.18. The topological polar surface area (TPSA) is 76.2 Å². The maximum absolute atomic E-state index is 10.4. The van der Waals surface area contributed by atoms with Gasteiger partial charge in [-0.25, -0.2) is 0 Å². The Bertz CT molecular complexity index is 448. The fourth-order valence-corrected chi connectivity index (χ4v) is 3.13. The van der Waals surface area contributed by atoms with E-state index in [2.05, 4.69) is 24.0 Å². The molecule has 5 heteroatoms. The van der Waals surface area contributed by atoms with Crippen LogP contribution in [0.15, 0.2) is 4.52 Å². The third kappa shape index (κ3) is 4.83. The van der Waals surface area contributed by atoms with E-state index in [1.165, 1.54) is 12.8 Å². The molecule has 1 heterocycles. The van der Waals surface area contributed by atoms with Crippen molar-refractivity contribution in [1.82, 2.24) is 10.1 Å². The Morgan fingerprint density at radius 3 is 2.62 bits per heavy atom. The minimum Gasteiger partial charge on any atom is -0.481 e. The Labute approximate surface area is 126 Å². The van der Waals surface area contributed by atoms with E-state index in [-0.39, 0.29) is 6.42 Å². The van der Waals surface area contributed by atoms with Crippen LogP contribution in [-0.4, -0.2) is 21.2 Å². The van der Waals surface area contributed by atoms with Crippen molar-refractivity contribution in [3.05, 3.63) is 11.7 Å². The molecule has 2 rings (SSSR count). The summed E-state index contributed by atoms with van der Waals surface area (Å²) in [6.45, 7) is 4.60. The molecule has 0 amide bonds. The van der Waals surface area contributed by atoms with E-state index in [0.29, 0.717) is 24.7 Å². The highest BCUT2D eigenvalue weighted by Crippen LogP contribution is 2.37. The smallest absolute Gasteiger partial charge is 0.303 e. The molecule has 0 bridgehead atoms. The van der Waals surface area contributed by atoms with E-state index in [1.54, 1.807) is 0 Å². The largest absolute Gasteiger partial charge is 0.481 e.